The van der Waals surface area contributed by atoms with Crippen molar-refractivity contribution in [3.63, 3.8) is 0 Å². The number of nitrogens with zero attached hydrogens (tertiary/aromatic N) is 4. The quantitative estimate of drug-likeness (QED) is 0.746. The summed E-state index contributed by atoms with van der Waals surface area (Å²) < 4.78 is 44.8. The molecule has 0 bridgehead atoms. The van der Waals surface area contributed by atoms with E-state index in [0.29, 0.717) is 23.9 Å². The molecule has 0 saturated carbocycles. The lowest BCUT2D eigenvalue weighted by Crippen LogP contribution is -2.39. The third-order valence-corrected chi connectivity index (χ3v) is 5.92. The summed E-state index contributed by atoms with van der Waals surface area (Å²) in [6.45, 7) is 2.32. The van der Waals surface area contributed by atoms with Crippen LogP contribution in [0.4, 0.5) is 18.9 Å². The zero-order valence-corrected chi connectivity index (χ0v) is 16.3. The first-order valence-corrected chi connectivity index (χ1v) is 9.90. The van der Waals surface area contributed by atoms with Crippen molar-refractivity contribution in [2.24, 2.45) is 5.92 Å². The first-order chi connectivity index (χ1) is 13.8. The van der Waals surface area contributed by atoms with Gasteiger partial charge in [0.25, 0.3) is 5.56 Å². The van der Waals surface area contributed by atoms with Gasteiger partial charge in [-0.25, -0.2) is 4.98 Å². The molecule has 1 atom stereocenters. The van der Waals surface area contributed by atoms with Gasteiger partial charge in [0.2, 0.25) is 0 Å². The summed E-state index contributed by atoms with van der Waals surface area (Å²) in [5, 5.41) is 4.07. The normalized spacial score (nSPS) is 21.0. The molecule has 4 rings (SSSR count). The topological polar surface area (TPSA) is 60.3 Å². The lowest BCUT2D eigenvalue weighted by atomic mass is 9.89. The molecule has 2 aliphatic heterocycles. The van der Waals surface area contributed by atoms with Crippen molar-refractivity contribution in [3.8, 4) is 5.82 Å². The van der Waals surface area contributed by atoms with E-state index in [-0.39, 0.29) is 10.8 Å². The van der Waals surface area contributed by atoms with Crippen molar-refractivity contribution in [2.75, 3.05) is 24.6 Å². The molecule has 0 aliphatic carbocycles. The smallest absolute Gasteiger partial charge is 0.378 e. The van der Waals surface area contributed by atoms with Crippen LogP contribution in [0.15, 0.2) is 29.3 Å². The number of anilines is 1. The second kappa shape index (κ2) is 7.95. The van der Waals surface area contributed by atoms with Crippen LogP contribution in [0.1, 0.15) is 31.2 Å². The van der Waals surface area contributed by atoms with E-state index in [1.54, 1.807) is 0 Å². The third-order valence-electron chi connectivity index (χ3n) is 5.56. The van der Waals surface area contributed by atoms with E-state index in [1.165, 1.54) is 6.20 Å². The standard InChI is InChI=1S/C19H20ClF3N4O2/c20-17-14(26-7-5-12(6-8-26)15-2-1-9-29-15)11-25-27(18(17)28)16-4-3-13(10-24-16)19(21,22)23/h3-4,10-12,15H,1-2,5-9H2. The lowest BCUT2D eigenvalue weighted by Gasteiger charge is -2.35. The van der Waals surface area contributed by atoms with Crippen molar-refractivity contribution < 1.29 is 17.9 Å². The number of aromatic nitrogens is 3. The van der Waals surface area contributed by atoms with Crippen LogP contribution in [0.5, 0.6) is 0 Å². The average molecular weight is 429 g/mol. The van der Waals surface area contributed by atoms with Gasteiger partial charge in [-0.15, -0.1) is 0 Å². The number of rotatable bonds is 3. The van der Waals surface area contributed by atoms with E-state index in [2.05, 4.69) is 10.1 Å². The SMILES string of the molecule is O=c1c(Cl)c(N2CCC(C3CCCO3)CC2)cnn1-c1ccc(C(F)(F)F)cn1. The Morgan fingerprint density at radius 3 is 2.48 bits per heavy atom. The summed E-state index contributed by atoms with van der Waals surface area (Å²) in [6.07, 6.45) is 2.07. The minimum absolute atomic E-state index is 0.0164. The maximum Gasteiger partial charge on any atom is 0.417 e. The molecule has 1 unspecified atom stereocenters. The van der Waals surface area contributed by atoms with Crippen LogP contribution in [-0.2, 0) is 10.9 Å². The molecule has 2 aromatic heterocycles. The monoisotopic (exact) mass is 428 g/mol. The molecule has 0 aromatic carbocycles. The average Bonchev–Trinajstić information content (AvgIpc) is 3.25. The predicted octanol–water partition coefficient (Wildman–Crippen LogP) is 3.70. The van der Waals surface area contributed by atoms with Crippen molar-refractivity contribution in [2.45, 2.75) is 38.0 Å². The molecule has 29 heavy (non-hydrogen) atoms. The van der Waals surface area contributed by atoms with Crippen molar-refractivity contribution in [1.82, 2.24) is 14.8 Å². The highest BCUT2D eigenvalue weighted by atomic mass is 35.5. The van der Waals surface area contributed by atoms with Crippen LogP contribution in [0.2, 0.25) is 5.02 Å². The van der Waals surface area contributed by atoms with Gasteiger partial charge in [0, 0.05) is 25.9 Å². The molecule has 0 N–H and O–H groups in total. The molecular weight excluding hydrogens is 409 g/mol. The lowest BCUT2D eigenvalue weighted by molar-refractivity contribution is -0.137. The second-order valence-corrected chi connectivity index (χ2v) is 7.72. The summed E-state index contributed by atoms with van der Waals surface area (Å²) in [6, 6.07) is 1.95. The number of hydrogen-bond acceptors (Lipinski definition) is 5. The number of hydrogen-bond donors (Lipinski definition) is 0. The molecule has 4 heterocycles. The van der Waals surface area contributed by atoms with Gasteiger partial charge in [0.05, 0.1) is 23.6 Å². The van der Waals surface area contributed by atoms with Gasteiger partial charge in [0.15, 0.2) is 5.82 Å². The first kappa shape index (κ1) is 20.2. The fourth-order valence-corrected chi connectivity index (χ4v) is 4.22. The Morgan fingerprint density at radius 1 is 1.14 bits per heavy atom. The van der Waals surface area contributed by atoms with Crippen LogP contribution < -0.4 is 10.5 Å². The van der Waals surface area contributed by atoms with Crippen LogP contribution in [0.3, 0.4) is 0 Å². The predicted molar refractivity (Wildman–Crippen MR) is 102 cm³/mol. The summed E-state index contributed by atoms with van der Waals surface area (Å²) in [5.74, 6) is 0.491. The third kappa shape index (κ3) is 4.11. The van der Waals surface area contributed by atoms with Crippen molar-refractivity contribution in [1.29, 1.82) is 0 Å². The number of alkyl halides is 3. The van der Waals surface area contributed by atoms with Gasteiger partial charge in [-0.2, -0.15) is 23.0 Å². The largest absolute Gasteiger partial charge is 0.417 e. The Hall–Kier alpha value is -2.13. The molecule has 0 radical (unpaired) electrons. The zero-order valence-electron chi connectivity index (χ0n) is 15.5. The molecule has 10 heteroatoms. The van der Waals surface area contributed by atoms with Crippen molar-refractivity contribution in [3.05, 3.63) is 45.5 Å². The second-order valence-electron chi connectivity index (χ2n) is 7.34. The Morgan fingerprint density at radius 2 is 1.90 bits per heavy atom. The fraction of sp³-hybridized carbons (Fsp3) is 0.526. The van der Waals surface area contributed by atoms with Gasteiger partial charge < -0.3 is 9.64 Å². The van der Waals surface area contributed by atoms with E-state index in [4.69, 9.17) is 16.3 Å². The molecule has 2 aliphatic rings. The van der Waals surface area contributed by atoms with Gasteiger partial charge in [-0.1, -0.05) is 11.6 Å². The van der Waals surface area contributed by atoms with E-state index in [9.17, 15) is 18.0 Å². The highest BCUT2D eigenvalue weighted by molar-refractivity contribution is 6.33. The highest BCUT2D eigenvalue weighted by Crippen LogP contribution is 2.32. The minimum Gasteiger partial charge on any atom is -0.378 e. The Labute approximate surface area is 170 Å². The van der Waals surface area contributed by atoms with Crippen molar-refractivity contribution >= 4 is 17.3 Å². The number of pyridine rings is 1. The van der Waals surface area contributed by atoms with Gasteiger partial charge >= 0.3 is 6.18 Å². The Balaban J connectivity index is 1.51. The summed E-state index contributed by atoms with van der Waals surface area (Å²) >= 11 is 6.30. The summed E-state index contributed by atoms with van der Waals surface area (Å²) in [5.41, 5.74) is -0.977. The zero-order chi connectivity index (χ0) is 20.6. The first-order valence-electron chi connectivity index (χ1n) is 9.52. The van der Waals surface area contributed by atoms with Gasteiger partial charge in [-0.3, -0.25) is 4.79 Å². The summed E-state index contributed by atoms with van der Waals surface area (Å²) in [7, 11) is 0. The van der Waals surface area contributed by atoms with Gasteiger partial charge in [-0.05, 0) is 43.7 Å². The molecule has 0 spiro atoms. The maximum atomic E-state index is 12.7. The van der Waals surface area contributed by atoms with Crippen LogP contribution in [0.25, 0.3) is 5.82 Å². The molecular formula is C19H20ClF3N4O2. The number of piperidine rings is 1. The fourth-order valence-electron chi connectivity index (χ4n) is 3.97. The van der Waals surface area contributed by atoms with Gasteiger partial charge in [0.1, 0.15) is 5.02 Å². The molecule has 2 aromatic rings. The van der Waals surface area contributed by atoms with E-state index in [1.807, 2.05) is 4.90 Å². The van der Waals surface area contributed by atoms with E-state index < -0.39 is 17.3 Å². The molecule has 2 saturated heterocycles. The van der Waals surface area contributed by atoms with E-state index >= 15 is 0 Å². The van der Waals surface area contributed by atoms with E-state index in [0.717, 1.165) is 62.2 Å². The molecule has 156 valence electrons. The van der Waals surface area contributed by atoms with Crippen LogP contribution in [0, 0.1) is 5.92 Å². The van der Waals surface area contributed by atoms with Crippen LogP contribution >= 0.6 is 11.6 Å². The minimum atomic E-state index is -4.50. The molecule has 0 amide bonds. The number of halogens is 4. The Bertz CT molecular complexity index is 919. The summed E-state index contributed by atoms with van der Waals surface area (Å²) in [4.78, 5) is 18.4. The molecule has 6 nitrogen and oxygen atoms in total. The molecule has 2 fully saturated rings. The number of ether oxygens (including phenoxy) is 1. The maximum absolute atomic E-state index is 12.7. The Kier molecular flexibility index (Phi) is 5.52. The van der Waals surface area contributed by atoms with Crippen LogP contribution in [-0.4, -0.2) is 40.6 Å². The highest BCUT2D eigenvalue weighted by Gasteiger charge is 2.32.